The molecule has 0 spiro atoms. The van der Waals surface area contributed by atoms with E-state index in [0.717, 1.165) is 35.6 Å². The first-order valence-electron chi connectivity index (χ1n) is 9.17. The average Bonchev–Trinajstić information content (AvgIpc) is 3.29. The topological polar surface area (TPSA) is 38.4 Å². The van der Waals surface area contributed by atoms with Gasteiger partial charge in [0.25, 0.3) is 5.91 Å². The van der Waals surface area contributed by atoms with Crippen LogP contribution in [0, 0.1) is 13.8 Å². The van der Waals surface area contributed by atoms with Gasteiger partial charge in [0.15, 0.2) is 0 Å². The molecule has 4 rings (SSSR count). The SMILES string of the molecule is Cc1cc(C(=O)N(Cc2ccccc2)C2CC2)c(C)n1Cc1ccco1. The molecular weight excluding hydrogens is 324 g/mol. The van der Waals surface area contributed by atoms with E-state index in [2.05, 4.69) is 16.7 Å². The molecule has 26 heavy (non-hydrogen) atoms. The average molecular weight is 348 g/mol. The monoisotopic (exact) mass is 348 g/mol. The molecule has 0 bridgehead atoms. The van der Waals surface area contributed by atoms with Crippen molar-refractivity contribution in [1.29, 1.82) is 0 Å². The number of aryl methyl sites for hydroxylation is 1. The molecule has 0 N–H and O–H groups in total. The van der Waals surface area contributed by atoms with Crippen molar-refractivity contribution < 1.29 is 9.21 Å². The van der Waals surface area contributed by atoms with Crippen LogP contribution < -0.4 is 0 Å². The first-order chi connectivity index (χ1) is 12.6. The predicted octanol–water partition coefficient (Wildman–Crippen LogP) is 4.55. The summed E-state index contributed by atoms with van der Waals surface area (Å²) in [6.07, 6.45) is 3.89. The third-order valence-corrected chi connectivity index (χ3v) is 5.14. The van der Waals surface area contributed by atoms with Crippen LogP contribution in [0.2, 0.25) is 0 Å². The second-order valence-corrected chi connectivity index (χ2v) is 7.10. The number of hydrogen-bond acceptors (Lipinski definition) is 2. The van der Waals surface area contributed by atoms with E-state index in [1.807, 2.05) is 55.1 Å². The van der Waals surface area contributed by atoms with Crippen molar-refractivity contribution >= 4 is 5.91 Å². The minimum atomic E-state index is 0.134. The van der Waals surface area contributed by atoms with Gasteiger partial charge in [0.1, 0.15) is 5.76 Å². The van der Waals surface area contributed by atoms with Crippen LogP contribution in [0.1, 0.15) is 45.9 Å². The molecule has 134 valence electrons. The van der Waals surface area contributed by atoms with Crippen molar-refractivity contribution in [2.75, 3.05) is 0 Å². The maximum atomic E-state index is 13.3. The van der Waals surface area contributed by atoms with Crippen LogP contribution >= 0.6 is 0 Å². The highest BCUT2D eigenvalue weighted by Crippen LogP contribution is 2.31. The van der Waals surface area contributed by atoms with Crippen LogP contribution in [0.3, 0.4) is 0 Å². The van der Waals surface area contributed by atoms with Crippen molar-refractivity contribution in [3.8, 4) is 0 Å². The molecular formula is C22H24N2O2. The second kappa shape index (κ2) is 6.87. The number of benzene rings is 1. The minimum Gasteiger partial charge on any atom is -0.467 e. The van der Waals surface area contributed by atoms with E-state index in [1.54, 1.807) is 6.26 Å². The van der Waals surface area contributed by atoms with Crippen LogP contribution in [-0.2, 0) is 13.1 Å². The number of aromatic nitrogens is 1. The van der Waals surface area contributed by atoms with E-state index in [-0.39, 0.29) is 5.91 Å². The Balaban J connectivity index is 1.60. The lowest BCUT2D eigenvalue weighted by Crippen LogP contribution is -2.32. The molecule has 0 saturated heterocycles. The lowest BCUT2D eigenvalue weighted by Gasteiger charge is -2.23. The van der Waals surface area contributed by atoms with Gasteiger partial charge in [0, 0.05) is 24.0 Å². The van der Waals surface area contributed by atoms with Crippen molar-refractivity contribution in [3.63, 3.8) is 0 Å². The molecule has 2 aromatic heterocycles. The van der Waals surface area contributed by atoms with E-state index in [1.165, 1.54) is 5.56 Å². The lowest BCUT2D eigenvalue weighted by atomic mass is 10.1. The summed E-state index contributed by atoms with van der Waals surface area (Å²) in [7, 11) is 0. The molecule has 1 saturated carbocycles. The Morgan fingerprint density at radius 1 is 1.15 bits per heavy atom. The molecule has 3 aromatic rings. The maximum Gasteiger partial charge on any atom is 0.256 e. The molecule has 2 heterocycles. The fraction of sp³-hybridized carbons (Fsp3) is 0.318. The zero-order valence-electron chi connectivity index (χ0n) is 15.3. The number of amides is 1. The normalized spacial score (nSPS) is 13.8. The van der Waals surface area contributed by atoms with Gasteiger partial charge in [-0.25, -0.2) is 0 Å². The summed E-state index contributed by atoms with van der Waals surface area (Å²) in [5, 5.41) is 0. The van der Waals surface area contributed by atoms with Crippen LogP contribution in [0.25, 0.3) is 0 Å². The van der Waals surface area contributed by atoms with E-state index >= 15 is 0 Å². The molecule has 1 aromatic carbocycles. The standard InChI is InChI=1S/C22H24N2O2/c1-16-13-21(17(2)23(16)15-20-9-6-12-26-20)22(25)24(19-10-11-19)14-18-7-4-3-5-8-18/h3-9,12-13,19H,10-11,14-15H2,1-2H3. The summed E-state index contributed by atoms with van der Waals surface area (Å²) in [5.74, 6) is 1.03. The Labute approximate surface area is 154 Å². The van der Waals surface area contributed by atoms with Crippen molar-refractivity contribution in [2.45, 2.75) is 45.8 Å². The number of nitrogens with zero attached hydrogens (tertiary/aromatic N) is 2. The fourth-order valence-corrected chi connectivity index (χ4v) is 3.51. The van der Waals surface area contributed by atoms with Gasteiger partial charge in [-0.3, -0.25) is 4.79 Å². The predicted molar refractivity (Wildman–Crippen MR) is 101 cm³/mol. The van der Waals surface area contributed by atoms with E-state index in [9.17, 15) is 4.79 Å². The van der Waals surface area contributed by atoms with Crippen LogP contribution in [-0.4, -0.2) is 21.4 Å². The number of carbonyl (C=O) groups is 1. The Morgan fingerprint density at radius 3 is 2.58 bits per heavy atom. The molecule has 4 nitrogen and oxygen atoms in total. The molecule has 0 radical (unpaired) electrons. The molecule has 1 aliphatic carbocycles. The molecule has 1 fully saturated rings. The van der Waals surface area contributed by atoms with Crippen LogP contribution in [0.15, 0.2) is 59.2 Å². The molecule has 0 aliphatic heterocycles. The Bertz CT molecular complexity index is 890. The summed E-state index contributed by atoms with van der Waals surface area (Å²) >= 11 is 0. The van der Waals surface area contributed by atoms with Crippen molar-refractivity contribution in [3.05, 3.63) is 83.1 Å². The van der Waals surface area contributed by atoms with Gasteiger partial charge < -0.3 is 13.9 Å². The maximum absolute atomic E-state index is 13.3. The van der Waals surface area contributed by atoms with E-state index < -0.39 is 0 Å². The van der Waals surface area contributed by atoms with Crippen molar-refractivity contribution in [2.24, 2.45) is 0 Å². The third kappa shape index (κ3) is 3.32. The Hall–Kier alpha value is -2.75. The van der Waals surface area contributed by atoms with Crippen molar-refractivity contribution in [1.82, 2.24) is 9.47 Å². The Morgan fingerprint density at radius 2 is 1.92 bits per heavy atom. The number of hydrogen-bond donors (Lipinski definition) is 0. The summed E-state index contributed by atoms with van der Waals surface area (Å²) in [6, 6.07) is 16.5. The fourth-order valence-electron chi connectivity index (χ4n) is 3.51. The largest absolute Gasteiger partial charge is 0.467 e. The van der Waals surface area contributed by atoms with Gasteiger partial charge in [-0.15, -0.1) is 0 Å². The van der Waals surface area contributed by atoms with Gasteiger partial charge in [0.2, 0.25) is 0 Å². The third-order valence-electron chi connectivity index (χ3n) is 5.14. The summed E-state index contributed by atoms with van der Waals surface area (Å²) in [6.45, 7) is 5.40. The lowest BCUT2D eigenvalue weighted by molar-refractivity contribution is 0.0729. The molecule has 1 aliphatic rings. The molecule has 1 amide bonds. The van der Waals surface area contributed by atoms with Gasteiger partial charge in [-0.2, -0.15) is 0 Å². The highest BCUT2D eigenvalue weighted by Gasteiger charge is 2.34. The smallest absolute Gasteiger partial charge is 0.256 e. The van der Waals surface area contributed by atoms with Gasteiger partial charge in [0.05, 0.1) is 18.4 Å². The summed E-state index contributed by atoms with van der Waals surface area (Å²) < 4.78 is 7.63. The Kier molecular flexibility index (Phi) is 4.41. The number of rotatable bonds is 6. The zero-order valence-corrected chi connectivity index (χ0v) is 15.3. The van der Waals surface area contributed by atoms with E-state index in [4.69, 9.17) is 4.42 Å². The molecule has 0 unspecified atom stereocenters. The minimum absolute atomic E-state index is 0.134. The van der Waals surface area contributed by atoms with Crippen LogP contribution in [0.5, 0.6) is 0 Å². The first-order valence-corrected chi connectivity index (χ1v) is 9.17. The highest BCUT2D eigenvalue weighted by molar-refractivity contribution is 5.96. The number of furan rings is 1. The highest BCUT2D eigenvalue weighted by atomic mass is 16.3. The quantitative estimate of drug-likeness (QED) is 0.655. The molecule has 4 heteroatoms. The zero-order chi connectivity index (χ0) is 18.1. The van der Waals surface area contributed by atoms with Gasteiger partial charge >= 0.3 is 0 Å². The number of carbonyl (C=O) groups excluding carboxylic acids is 1. The molecule has 0 atom stereocenters. The van der Waals surface area contributed by atoms with Gasteiger partial charge in [-0.05, 0) is 50.5 Å². The summed E-state index contributed by atoms with van der Waals surface area (Å²) in [4.78, 5) is 15.3. The van der Waals surface area contributed by atoms with E-state index in [0.29, 0.717) is 19.1 Å². The van der Waals surface area contributed by atoms with Gasteiger partial charge in [-0.1, -0.05) is 30.3 Å². The van der Waals surface area contributed by atoms with Crippen LogP contribution in [0.4, 0.5) is 0 Å². The first kappa shape index (κ1) is 16.7. The second-order valence-electron chi connectivity index (χ2n) is 7.10. The summed E-state index contributed by atoms with van der Waals surface area (Å²) in [5.41, 5.74) is 4.06.